The maximum atomic E-state index is 14.4. The van der Waals surface area contributed by atoms with Gasteiger partial charge in [0.2, 0.25) is 0 Å². The topological polar surface area (TPSA) is 15.3 Å². The van der Waals surface area contributed by atoms with Gasteiger partial charge in [0.25, 0.3) is 0 Å². The second kappa shape index (κ2) is 5.98. The quantitative estimate of drug-likeness (QED) is 0.907. The third-order valence-electron chi connectivity index (χ3n) is 4.59. The maximum absolute atomic E-state index is 14.4. The highest BCUT2D eigenvalue weighted by molar-refractivity contribution is 5.35. The molecular formula is C18H19F3N2. The van der Waals surface area contributed by atoms with E-state index in [0.717, 1.165) is 0 Å². The molecule has 0 radical (unpaired) electrons. The average molecular weight is 320 g/mol. The predicted molar refractivity (Wildman–Crippen MR) is 84.0 cm³/mol. The molecule has 122 valence electrons. The van der Waals surface area contributed by atoms with Crippen molar-refractivity contribution < 1.29 is 13.2 Å². The number of piperazine rings is 1. The SMILES string of the molecule is CN1CCNC(c2ccccc2)C1(c1ccccc1)C(F)(F)F. The van der Waals surface area contributed by atoms with E-state index in [1.807, 2.05) is 6.07 Å². The number of benzene rings is 2. The Bertz CT molecular complexity index is 642. The van der Waals surface area contributed by atoms with Gasteiger partial charge in [-0.05, 0) is 18.2 Å². The summed E-state index contributed by atoms with van der Waals surface area (Å²) < 4.78 is 43.2. The molecule has 5 heteroatoms. The molecular weight excluding hydrogens is 301 g/mol. The van der Waals surface area contributed by atoms with E-state index in [0.29, 0.717) is 18.7 Å². The Hall–Kier alpha value is -1.85. The van der Waals surface area contributed by atoms with Crippen LogP contribution in [0.25, 0.3) is 0 Å². The highest BCUT2D eigenvalue weighted by Crippen LogP contribution is 2.52. The summed E-state index contributed by atoms with van der Waals surface area (Å²) in [5.41, 5.74) is -1.19. The Labute approximate surface area is 133 Å². The molecule has 1 N–H and O–H groups in total. The lowest BCUT2D eigenvalue weighted by Crippen LogP contribution is -2.66. The van der Waals surface area contributed by atoms with Crippen LogP contribution in [0.4, 0.5) is 13.2 Å². The molecule has 2 unspecified atom stereocenters. The Kier molecular flexibility index (Phi) is 4.17. The average Bonchev–Trinajstić information content (AvgIpc) is 2.55. The Morgan fingerprint density at radius 2 is 1.57 bits per heavy atom. The van der Waals surface area contributed by atoms with Gasteiger partial charge in [-0.3, -0.25) is 4.90 Å². The molecule has 2 aromatic rings. The van der Waals surface area contributed by atoms with Crippen molar-refractivity contribution in [1.82, 2.24) is 10.2 Å². The standard InChI is InChI=1S/C18H19F3N2/c1-23-13-12-22-16(14-8-4-2-5-9-14)17(23,18(19,20)21)15-10-6-3-7-11-15/h2-11,16,22H,12-13H2,1H3. The van der Waals surface area contributed by atoms with Gasteiger partial charge in [0.1, 0.15) is 0 Å². The molecule has 0 amide bonds. The molecule has 23 heavy (non-hydrogen) atoms. The van der Waals surface area contributed by atoms with Crippen LogP contribution in [0.15, 0.2) is 60.7 Å². The van der Waals surface area contributed by atoms with Crippen LogP contribution in [0.3, 0.4) is 0 Å². The van der Waals surface area contributed by atoms with Crippen LogP contribution in [0.2, 0.25) is 0 Å². The summed E-state index contributed by atoms with van der Waals surface area (Å²) in [6, 6.07) is 16.2. The van der Waals surface area contributed by atoms with Crippen molar-refractivity contribution in [3.8, 4) is 0 Å². The Morgan fingerprint density at radius 3 is 2.13 bits per heavy atom. The van der Waals surface area contributed by atoms with Crippen molar-refractivity contribution in [1.29, 1.82) is 0 Å². The van der Waals surface area contributed by atoms with E-state index in [2.05, 4.69) is 5.32 Å². The molecule has 2 nitrogen and oxygen atoms in total. The first-order chi connectivity index (χ1) is 11.0. The first kappa shape index (κ1) is 16.0. The lowest BCUT2D eigenvalue weighted by Gasteiger charge is -2.52. The summed E-state index contributed by atoms with van der Waals surface area (Å²) in [5.74, 6) is 0. The van der Waals surface area contributed by atoms with Crippen molar-refractivity contribution in [2.24, 2.45) is 0 Å². The van der Waals surface area contributed by atoms with Crippen molar-refractivity contribution in [2.45, 2.75) is 17.8 Å². The van der Waals surface area contributed by atoms with Gasteiger partial charge in [0.05, 0.1) is 6.04 Å². The Morgan fingerprint density at radius 1 is 1.00 bits per heavy atom. The molecule has 0 aliphatic carbocycles. The zero-order chi connectivity index (χ0) is 16.5. The summed E-state index contributed by atoms with van der Waals surface area (Å²) in [6.45, 7) is 0.846. The van der Waals surface area contributed by atoms with Crippen molar-refractivity contribution in [3.63, 3.8) is 0 Å². The molecule has 0 aromatic heterocycles. The van der Waals surface area contributed by atoms with Crippen LogP contribution in [-0.4, -0.2) is 31.2 Å². The second-order valence-electron chi connectivity index (χ2n) is 5.85. The highest BCUT2D eigenvalue weighted by atomic mass is 19.4. The van der Waals surface area contributed by atoms with Gasteiger partial charge in [0.15, 0.2) is 5.54 Å². The maximum Gasteiger partial charge on any atom is 0.412 e. The smallest absolute Gasteiger partial charge is 0.307 e. The van der Waals surface area contributed by atoms with E-state index in [9.17, 15) is 13.2 Å². The summed E-state index contributed by atoms with van der Waals surface area (Å²) in [4.78, 5) is 1.43. The van der Waals surface area contributed by atoms with E-state index >= 15 is 0 Å². The predicted octanol–water partition coefficient (Wildman–Crippen LogP) is 3.72. The third kappa shape index (κ3) is 2.54. The van der Waals surface area contributed by atoms with E-state index in [-0.39, 0.29) is 5.56 Å². The molecule has 0 spiro atoms. The number of rotatable bonds is 2. The molecule has 1 saturated heterocycles. The molecule has 2 atom stereocenters. The normalized spacial score (nSPS) is 26.2. The van der Waals surface area contributed by atoms with Crippen molar-refractivity contribution in [2.75, 3.05) is 20.1 Å². The van der Waals surface area contributed by atoms with Crippen LogP contribution in [0.5, 0.6) is 0 Å². The van der Waals surface area contributed by atoms with Gasteiger partial charge >= 0.3 is 6.18 Å². The fourth-order valence-corrected chi connectivity index (χ4v) is 3.55. The molecule has 3 rings (SSSR count). The molecule has 1 aliphatic rings. The van der Waals surface area contributed by atoms with Crippen molar-refractivity contribution >= 4 is 0 Å². The number of nitrogens with zero attached hydrogens (tertiary/aromatic N) is 1. The van der Waals surface area contributed by atoms with Gasteiger partial charge in [-0.25, -0.2) is 0 Å². The van der Waals surface area contributed by atoms with E-state index in [4.69, 9.17) is 0 Å². The number of nitrogens with one attached hydrogen (secondary N) is 1. The lowest BCUT2D eigenvalue weighted by atomic mass is 9.76. The van der Waals surface area contributed by atoms with Crippen LogP contribution >= 0.6 is 0 Å². The third-order valence-corrected chi connectivity index (χ3v) is 4.59. The fraction of sp³-hybridized carbons (Fsp3) is 0.333. The number of likely N-dealkylation sites (N-methyl/N-ethyl adjacent to an activating group) is 1. The van der Waals surface area contributed by atoms with Crippen LogP contribution < -0.4 is 5.32 Å². The minimum absolute atomic E-state index is 0.260. The van der Waals surface area contributed by atoms with Gasteiger partial charge in [-0.2, -0.15) is 13.2 Å². The van der Waals surface area contributed by atoms with E-state index < -0.39 is 17.8 Å². The van der Waals surface area contributed by atoms with Crippen LogP contribution in [-0.2, 0) is 5.54 Å². The summed E-state index contributed by atoms with van der Waals surface area (Å²) >= 11 is 0. The fourth-order valence-electron chi connectivity index (χ4n) is 3.55. The number of hydrogen-bond donors (Lipinski definition) is 1. The summed E-state index contributed by atoms with van der Waals surface area (Å²) in [5, 5.41) is 3.10. The molecule has 1 heterocycles. The summed E-state index contributed by atoms with van der Waals surface area (Å²) in [6.07, 6.45) is -4.42. The lowest BCUT2D eigenvalue weighted by molar-refractivity contribution is -0.253. The van der Waals surface area contributed by atoms with E-state index in [1.165, 1.54) is 4.90 Å². The number of alkyl halides is 3. The zero-order valence-electron chi connectivity index (χ0n) is 12.8. The first-order valence-electron chi connectivity index (χ1n) is 7.59. The minimum Gasteiger partial charge on any atom is -0.307 e. The molecule has 1 fully saturated rings. The number of halogens is 3. The monoisotopic (exact) mass is 320 g/mol. The highest BCUT2D eigenvalue weighted by Gasteiger charge is 2.64. The minimum atomic E-state index is -4.42. The first-order valence-corrected chi connectivity index (χ1v) is 7.59. The van der Waals surface area contributed by atoms with Gasteiger partial charge in [0, 0.05) is 13.1 Å². The van der Waals surface area contributed by atoms with Gasteiger partial charge < -0.3 is 5.32 Å². The Balaban J connectivity index is 2.24. The van der Waals surface area contributed by atoms with E-state index in [1.54, 1.807) is 61.6 Å². The number of hydrogen-bond acceptors (Lipinski definition) is 2. The summed E-state index contributed by atoms with van der Waals surface area (Å²) in [7, 11) is 1.55. The largest absolute Gasteiger partial charge is 0.412 e. The van der Waals surface area contributed by atoms with Gasteiger partial charge in [-0.15, -0.1) is 0 Å². The van der Waals surface area contributed by atoms with Crippen LogP contribution in [0.1, 0.15) is 17.2 Å². The molecule has 1 aliphatic heterocycles. The molecule has 0 saturated carbocycles. The van der Waals surface area contributed by atoms with Gasteiger partial charge in [-0.1, -0.05) is 60.7 Å². The zero-order valence-corrected chi connectivity index (χ0v) is 12.8. The van der Waals surface area contributed by atoms with Crippen LogP contribution in [0, 0.1) is 0 Å². The molecule has 2 aromatic carbocycles. The van der Waals surface area contributed by atoms with Crippen molar-refractivity contribution in [3.05, 3.63) is 71.8 Å². The second-order valence-corrected chi connectivity index (χ2v) is 5.85. The molecule has 0 bridgehead atoms.